The number of aromatic nitrogens is 2. The van der Waals surface area contributed by atoms with Crippen molar-refractivity contribution in [1.29, 1.82) is 5.26 Å². The molecule has 0 aromatic carbocycles. The van der Waals surface area contributed by atoms with Gasteiger partial charge in [0.25, 0.3) is 5.22 Å². The van der Waals surface area contributed by atoms with Crippen molar-refractivity contribution in [2.45, 2.75) is 5.22 Å². The van der Waals surface area contributed by atoms with Crippen LogP contribution >= 0.6 is 23.5 Å². The lowest BCUT2D eigenvalue weighted by molar-refractivity contribution is 0.454. The molecule has 52 valence electrons. The van der Waals surface area contributed by atoms with Crippen molar-refractivity contribution in [3.63, 3.8) is 0 Å². The maximum absolute atomic E-state index is 8.13. The summed E-state index contributed by atoms with van der Waals surface area (Å²) < 4.78 is 4.80. The first-order valence-corrected chi connectivity index (χ1v) is 4.30. The van der Waals surface area contributed by atoms with E-state index in [0.717, 1.165) is 11.8 Å². The minimum Gasteiger partial charge on any atom is -0.419 e. The van der Waals surface area contributed by atoms with Crippen LogP contribution in [-0.4, -0.2) is 15.3 Å². The zero-order valence-corrected chi connectivity index (χ0v) is 6.48. The SMILES string of the molecule is N#CSCSc1nnco1. The van der Waals surface area contributed by atoms with Crippen LogP contribution < -0.4 is 0 Å². The quantitative estimate of drug-likeness (QED) is 0.297. The lowest BCUT2D eigenvalue weighted by Gasteiger charge is -1.85. The van der Waals surface area contributed by atoms with E-state index in [9.17, 15) is 0 Å². The number of thioether (sulfide) groups is 2. The molecule has 0 unspecified atom stereocenters. The van der Waals surface area contributed by atoms with Gasteiger partial charge in [0, 0.05) is 0 Å². The molecule has 0 N–H and O–H groups in total. The van der Waals surface area contributed by atoms with E-state index in [1.807, 2.05) is 5.40 Å². The van der Waals surface area contributed by atoms with Gasteiger partial charge in [-0.2, -0.15) is 5.26 Å². The molecule has 6 heteroatoms. The van der Waals surface area contributed by atoms with Gasteiger partial charge >= 0.3 is 0 Å². The summed E-state index contributed by atoms with van der Waals surface area (Å²) in [5, 5.41) is 18.3. The van der Waals surface area contributed by atoms with Crippen LogP contribution in [0.4, 0.5) is 0 Å². The molecule has 0 radical (unpaired) electrons. The second-order valence-electron chi connectivity index (χ2n) is 1.20. The molecule has 0 bridgehead atoms. The number of thiocyanates is 1. The van der Waals surface area contributed by atoms with Gasteiger partial charge in [-0.15, -0.1) is 10.2 Å². The highest BCUT2D eigenvalue weighted by Gasteiger charge is 1.97. The average Bonchev–Trinajstić information content (AvgIpc) is 2.41. The van der Waals surface area contributed by atoms with Crippen molar-refractivity contribution in [2.24, 2.45) is 0 Å². The van der Waals surface area contributed by atoms with Gasteiger partial charge < -0.3 is 4.42 Å². The molecular weight excluding hydrogens is 170 g/mol. The number of nitrogens with zero attached hydrogens (tertiary/aromatic N) is 3. The van der Waals surface area contributed by atoms with Crippen molar-refractivity contribution in [1.82, 2.24) is 10.2 Å². The van der Waals surface area contributed by atoms with Gasteiger partial charge in [0.05, 0.1) is 5.08 Å². The molecular formula is C4H3N3OS2. The van der Waals surface area contributed by atoms with Crippen molar-refractivity contribution < 1.29 is 4.42 Å². The summed E-state index contributed by atoms with van der Waals surface area (Å²) in [6.45, 7) is 0. The third kappa shape index (κ3) is 2.29. The Morgan fingerprint density at radius 3 is 3.30 bits per heavy atom. The molecule has 1 heterocycles. The standard InChI is InChI=1S/C4H3N3OS2/c5-1-9-3-10-4-7-6-2-8-4/h2H,3H2. The third-order valence-corrected chi connectivity index (χ3v) is 2.14. The van der Waals surface area contributed by atoms with Gasteiger partial charge in [0.1, 0.15) is 5.40 Å². The first-order chi connectivity index (χ1) is 4.93. The van der Waals surface area contributed by atoms with E-state index in [4.69, 9.17) is 9.68 Å². The molecule has 1 rings (SSSR count). The molecule has 4 nitrogen and oxygen atoms in total. The average molecular weight is 173 g/mol. The zero-order valence-electron chi connectivity index (χ0n) is 4.85. The molecule has 1 aromatic heterocycles. The lowest BCUT2D eigenvalue weighted by Crippen LogP contribution is -1.71. The highest BCUT2D eigenvalue weighted by molar-refractivity contribution is 8.18. The van der Waals surface area contributed by atoms with Crippen LogP contribution in [0.1, 0.15) is 0 Å². The second-order valence-corrected chi connectivity index (χ2v) is 3.25. The number of hydrogen-bond donors (Lipinski definition) is 0. The molecule has 0 saturated carbocycles. The Kier molecular flexibility index (Phi) is 3.12. The minimum atomic E-state index is 0.503. The Hall–Kier alpha value is -0.670. The first-order valence-electron chi connectivity index (χ1n) is 2.33. The van der Waals surface area contributed by atoms with Crippen LogP contribution in [0, 0.1) is 10.7 Å². The fourth-order valence-corrected chi connectivity index (χ4v) is 1.40. The lowest BCUT2D eigenvalue weighted by atomic mass is 11.5. The highest BCUT2D eigenvalue weighted by Crippen LogP contribution is 2.18. The van der Waals surface area contributed by atoms with Crippen molar-refractivity contribution in [2.75, 3.05) is 5.08 Å². The van der Waals surface area contributed by atoms with Crippen LogP contribution in [0.3, 0.4) is 0 Å². The summed E-state index contributed by atoms with van der Waals surface area (Å²) in [6, 6.07) is 0. The fraction of sp³-hybridized carbons (Fsp3) is 0.250. The summed E-state index contributed by atoms with van der Waals surface area (Å²) >= 11 is 2.50. The first kappa shape index (κ1) is 7.44. The van der Waals surface area contributed by atoms with Crippen LogP contribution in [0.15, 0.2) is 16.0 Å². The van der Waals surface area contributed by atoms with Crippen molar-refractivity contribution in [3.8, 4) is 5.40 Å². The molecule has 1 aromatic rings. The van der Waals surface area contributed by atoms with Gasteiger partial charge in [-0.05, 0) is 11.8 Å². The Bertz CT molecular complexity index is 217. The molecule has 0 fully saturated rings. The van der Waals surface area contributed by atoms with Crippen LogP contribution in [0.5, 0.6) is 0 Å². The Labute approximate surface area is 66.0 Å². The monoisotopic (exact) mass is 173 g/mol. The summed E-state index contributed by atoms with van der Waals surface area (Å²) in [6.07, 6.45) is 1.26. The minimum absolute atomic E-state index is 0.503. The van der Waals surface area contributed by atoms with E-state index in [1.165, 1.54) is 18.2 Å². The van der Waals surface area contributed by atoms with E-state index >= 15 is 0 Å². The second kappa shape index (κ2) is 4.19. The Morgan fingerprint density at radius 2 is 2.70 bits per heavy atom. The van der Waals surface area contributed by atoms with Crippen LogP contribution in [0.2, 0.25) is 0 Å². The van der Waals surface area contributed by atoms with Crippen molar-refractivity contribution in [3.05, 3.63) is 6.39 Å². The highest BCUT2D eigenvalue weighted by atomic mass is 32.2. The Morgan fingerprint density at radius 1 is 1.80 bits per heavy atom. The van der Waals surface area contributed by atoms with Gasteiger partial charge in [-0.1, -0.05) is 11.8 Å². The summed E-state index contributed by atoms with van der Waals surface area (Å²) in [5.41, 5.74) is 0. The van der Waals surface area contributed by atoms with E-state index in [0.29, 0.717) is 10.3 Å². The molecule has 0 saturated heterocycles. The van der Waals surface area contributed by atoms with Gasteiger partial charge in [-0.3, -0.25) is 0 Å². The molecule has 10 heavy (non-hydrogen) atoms. The fourth-order valence-electron chi connectivity index (χ4n) is 0.332. The van der Waals surface area contributed by atoms with Crippen molar-refractivity contribution >= 4 is 23.5 Å². The predicted octanol–water partition coefficient (Wildman–Crippen LogP) is 1.33. The third-order valence-electron chi connectivity index (χ3n) is 0.646. The van der Waals surface area contributed by atoms with E-state index in [-0.39, 0.29) is 0 Å². The molecule has 0 aliphatic carbocycles. The van der Waals surface area contributed by atoms with Gasteiger partial charge in [-0.25, -0.2) is 0 Å². The molecule has 0 atom stereocenters. The van der Waals surface area contributed by atoms with Gasteiger partial charge in [0.2, 0.25) is 6.39 Å². The molecule has 0 aliphatic rings. The molecule has 0 spiro atoms. The summed E-state index contributed by atoms with van der Waals surface area (Å²) in [7, 11) is 0. The maximum atomic E-state index is 8.13. The number of nitriles is 1. The summed E-state index contributed by atoms with van der Waals surface area (Å²) in [4.78, 5) is 0. The number of rotatable bonds is 3. The summed E-state index contributed by atoms with van der Waals surface area (Å²) in [5.74, 6) is 0. The Balaban J connectivity index is 2.23. The van der Waals surface area contributed by atoms with Crippen LogP contribution in [0.25, 0.3) is 0 Å². The maximum Gasteiger partial charge on any atom is 0.277 e. The smallest absolute Gasteiger partial charge is 0.277 e. The largest absolute Gasteiger partial charge is 0.419 e. The predicted molar refractivity (Wildman–Crippen MR) is 38.2 cm³/mol. The number of hydrogen-bond acceptors (Lipinski definition) is 6. The van der Waals surface area contributed by atoms with E-state index in [1.54, 1.807) is 0 Å². The van der Waals surface area contributed by atoms with E-state index < -0.39 is 0 Å². The molecule has 0 amide bonds. The zero-order chi connectivity index (χ0) is 7.23. The van der Waals surface area contributed by atoms with Gasteiger partial charge in [0.15, 0.2) is 0 Å². The topological polar surface area (TPSA) is 62.7 Å². The van der Waals surface area contributed by atoms with E-state index in [2.05, 4.69) is 10.2 Å². The van der Waals surface area contributed by atoms with Crippen LogP contribution in [-0.2, 0) is 0 Å². The molecule has 0 aliphatic heterocycles. The normalized spacial score (nSPS) is 9.10.